The first-order valence-electron chi connectivity index (χ1n) is 7.97. The molecule has 2 rings (SSSR count). The smallest absolute Gasteiger partial charge is 0.410 e. The number of anilines is 1. The molecule has 8 heteroatoms. The van der Waals surface area contributed by atoms with Crippen LogP contribution in [0.5, 0.6) is 0 Å². The second-order valence-electron chi connectivity index (χ2n) is 7.03. The normalized spacial score (nSPS) is 18.2. The lowest BCUT2D eigenvalue weighted by atomic mass is 10.1. The average Bonchev–Trinajstić information content (AvgIpc) is 2.47. The van der Waals surface area contributed by atoms with Gasteiger partial charge < -0.3 is 19.6 Å². The summed E-state index contributed by atoms with van der Waals surface area (Å²) in [5, 5.41) is 8.84. The van der Waals surface area contributed by atoms with Gasteiger partial charge in [-0.15, -0.1) is 0 Å². The van der Waals surface area contributed by atoms with Gasteiger partial charge in [-0.2, -0.15) is 0 Å². The van der Waals surface area contributed by atoms with Gasteiger partial charge in [-0.3, -0.25) is 0 Å². The summed E-state index contributed by atoms with van der Waals surface area (Å²) in [7, 11) is 0. The molecule has 1 aromatic carbocycles. The number of ether oxygens (including phenoxy) is 1. The van der Waals surface area contributed by atoms with Gasteiger partial charge in [-0.25, -0.2) is 18.4 Å². The zero-order valence-corrected chi connectivity index (χ0v) is 14.7. The molecule has 1 N–H and O–H groups in total. The van der Waals surface area contributed by atoms with E-state index >= 15 is 0 Å². The Kier molecular flexibility index (Phi) is 5.20. The van der Waals surface area contributed by atoms with Gasteiger partial charge in [-0.05, 0) is 39.8 Å². The van der Waals surface area contributed by atoms with Crippen LogP contribution in [0.1, 0.15) is 38.1 Å². The first-order valence-corrected chi connectivity index (χ1v) is 7.97. The number of nitrogens with zero attached hydrogens (tertiary/aromatic N) is 2. The van der Waals surface area contributed by atoms with Gasteiger partial charge in [0.25, 0.3) is 0 Å². The molecule has 1 aromatic rings. The van der Waals surface area contributed by atoms with Crippen molar-refractivity contribution in [1.82, 2.24) is 4.90 Å². The Bertz CT molecular complexity index is 688. The van der Waals surface area contributed by atoms with Crippen LogP contribution in [0, 0.1) is 11.6 Å². The third-order valence-corrected chi connectivity index (χ3v) is 3.89. The number of carboxylic acids is 1. The maximum absolute atomic E-state index is 14.2. The molecule has 0 aliphatic carbocycles. The highest BCUT2D eigenvalue weighted by atomic mass is 19.2. The van der Waals surface area contributed by atoms with Crippen LogP contribution in [0.25, 0.3) is 0 Å². The number of halogens is 2. The fraction of sp³-hybridized carbons (Fsp3) is 0.529. The molecule has 1 fully saturated rings. The Hall–Kier alpha value is -2.38. The topological polar surface area (TPSA) is 70.1 Å². The molecule has 0 bridgehead atoms. The lowest BCUT2D eigenvalue weighted by Crippen LogP contribution is -2.55. The lowest BCUT2D eigenvalue weighted by Gasteiger charge is -2.41. The number of rotatable bonds is 2. The predicted molar refractivity (Wildman–Crippen MR) is 87.9 cm³/mol. The van der Waals surface area contributed by atoms with Crippen molar-refractivity contribution in [3.05, 3.63) is 29.3 Å². The summed E-state index contributed by atoms with van der Waals surface area (Å²) in [4.78, 5) is 26.2. The summed E-state index contributed by atoms with van der Waals surface area (Å²) in [6.07, 6.45) is -0.451. The van der Waals surface area contributed by atoms with Crippen LogP contribution in [-0.2, 0) is 4.74 Å². The van der Waals surface area contributed by atoms with E-state index < -0.39 is 34.9 Å². The molecular weight excluding hydrogens is 334 g/mol. The molecule has 0 unspecified atom stereocenters. The number of hydrogen-bond donors (Lipinski definition) is 1. The Morgan fingerprint density at radius 3 is 2.36 bits per heavy atom. The molecule has 1 saturated heterocycles. The third-order valence-electron chi connectivity index (χ3n) is 3.89. The second kappa shape index (κ2) is 6.85. The van der Waals surface area contributed by atoms with Crippen molar-refractivity contribution in [2.24, 2.45) is 0 Å². The number of carbonyl (C=O) groups is 2. The summed E-state index contributed by atoms with van der Waals surface area (Å²) in [5.41, 5.74) is -1.34. The van der Waals surface area contributed by atoms with Crippen molar-refractivity contribution in [3.63, 3.8) is 0 Å². The van der Waals surface area contributed by atoms with Gasteiger partial charge in [0.2, 0.25) is 0 Å². The van der Waals surface area contributed by atoms with Crippen LogP contribution >= 0.6 is 0 Å². The standard InChI is InChI=1S/C17H22F2N2O4/c1-10-9-20(7-8-21(10)16(24)25-17(2,3)4)12-6-5-11(15(22)23)13(18)14(12)19/h5-6,10H,7-9H2,1-4H3,(H,22,23)/t10-/m0/s1. The highest BCUT2D eigenvalue weighted by Crippen LogP contribution is 2.27. The van der Waals surface area contributed by atoms with Gasteiger partial charge in [0.1, 0.15) is 5.60 Å². The van der Waals surface area contributed by atoms with Crippen LogP contribution < -0.4 is 4.90 Å². The van der Waals surface area contributed by atoms with E-state index in [1.54, 1.807) is 37.5 Å². The van der Waals surface area contributed by atoms with Crippen molar-refractivity contribution in [3.8, 4) is 0 Å². The van der Waals surface area contributed by atoms with E-state index in [4.69, 9.17) is 9.84 Å². The molecule has 1 aliphatic heterocycles. The highest BCUT2D eigenvalue weighted by molar-refractivity contribution is 5.88. The van der Waals surface area contributed by atoms with Crippen molar-refractivity contribution >= 4 is 17.7 Å². The number of carbonyl (C=O) groups excluding carboxylic acids is 1. The summed E-state index contributed by atoms with van der Waals surface area (Å²) in [5.74, 6) is -4.10. The Morgan fingerprint density at radius 2 is 1.84 bits per heavy atom. The number of hydrogen-bond acceptors (Lipinski definition) is 4. The number of carboxylic acid groups (broad SMARTS) is 1. The molecule has 0 radical (unpaired) electrons. The van der Waals surface area contributed by atoms with E-state index in [9.17, 15) is 18.4 Å². The number of benzene rings is 1. The maximum atomic E-state index is 14.2. The summed E-state index contributed by atoms with van der Waals surface area (Å²) in [6.45, 7) is 7.96. The van der Waals surface area contributed by atoms with Gasteiger partial charge in [0.05, 0.1) is 11.3 Å². The van der Waals surface area contributed by atoms with Crippen molar-refractivity contribution in [2.75, 3.05) is 24.5 Å². The van der Waals surface area contributed by atoms with Gasteiger partial charge in [0.15, 0.2) is 11.6 Å². The Balaban J connectivity index is 2.15. The minimum Gasteiger partial charge on any atom is -0.478 e. The number of aromatic carboxylic acids is 1. The molecule has 6 nitrogen and oxygen atoms in total. The number of piperazine rings is 1. The average molecular weight is 356 g/mol. The van der Waals surface area contributed by atoms with Crippen molar-refractivity contribution in [2.45, 2.75) is 39.3 Å². The molecule has 138 valence electrons. The van der Waals surface area contributed by atoms with Crippen LogP contribution in [0.3, 0.4) is 0 Å². The van der Waals surface area contributed by atoms with Gasteiger partial charge in [-0.1, -0.05) is 0 Å². The largest absolute Gasteiger partial charge is 0.478 e. The Morgan fingerprint density at radius 1 is 1.20 bits per heavy atom. The second-order valence-corrected chi connectivity index (χ2v) is 7.03. The maximum Gasteiger partial charge on any atom is 0.410 e. The first kappa shape index (κ1) is 19.0. The molecule has 25 heavy (non-hydrogen) atoms. The van der Waals surface area contributed by atoms with Gasteiger partial charge >= 0.3 is 12.1 Å². The zero-order valence-electron chi connectivity index (χ0n) is 14.7. The quantitative estimate of drug-likeness (QED) is 0.882. The molecule has 1 aliphatic rings. The van der Waals surface area contributed by atoms with E-state index in [0.29, 0.717) is 0 Å². The molecule has 0 aromatic heterocycles. The van der Waals surface area contributed by atoms with E-state index in [-0.39, 0.29) is 31.4 Å². The first-order chi connectivity index (χ1) is 11.5. The third kappa shape index (κ3) is 4.18. The fourth-order valence-corrected chi connectivity index (χ4v) is 2.72. The van der Waals surface area contributed by atoms with E-state index in [0.717, 1.165) is 6.07 Å². The van der Waals surface area contributed by atoms with Crippen LogP contribution in [-0.4, -0.2) is 53.3 Å². The monoisotopic (exact) mass is 356 g/mol. The van der Waals surface area contributed by atoms with Crippen molar-refractivity contribution in [1.29, 1.82) is 0 Å². The molecular formula is C17H22F2N2O4. The van der Waals surface area contributed by atoms with Crippen LogP contribution in [0.2, 0.25) is 0 Å². The molecule has 0 spiro atoms. The van der Waals surface area contributed by atoms with E-state index in [2.05, 4.69) is 0 Å². The fourth-order valence-electron chi connectivity index (χ4n) is 2.72. The van der Waals surface area contributed by atoms with Crippen LogP contribution in [0.4, 0.5) is 19.3 Å². The molecule has 0 saturated carbocycles. The lowest BCUT2D eigenvalue weighted by molar-refractivity contribution is 0.0158. The summed E-state index contributed by atoms with van der Waals surface area (Å²) >= 11 is 0. The SMILES string of the molecule is C[C@H]1CN(c2ccc(C(=O)O)c(F)c2F)CCN1C(=O)OC(C)(C)C. The molecule has 1 atom stereocenters. The molecule has 1 heterocycles. The summed E-state index contributed by atoms with van der Waals surface area (Å²) in [6, 6.07) is 2.02. The Labute approximate surface area is 145 Å². The zero-order chi connectivity index (χ0) is 18.9. The predicted octanol–water partition coefficient (Wildman–Crippen LogP) is 3.11. The van der Waals surface area contributed by atoms with Crippen LogP contribution in [0.15, 0.2) is 12.1 Å². The minimum atomic E-state index is -1.52. The number of amides is 1. The van der Waals surface area contributed by atoms with Crippen molar-refractivity contribution < 1.29 is 28.2 Å². The molecule has 1 amide bonds. The minimum absolute atomic E-state index is 0.0156. The van der Waals surface area contributed by atoms with E-state index in [1.165, 1.54) is 6.07 Å². The summed E-state index contributed by atoms with van der Waals surface area (Å²) < 4.78 is 33.5. The van der Waals surface area contributed by atoms with Gasteiger partial charge in [0, 0.05) is 25.7 Å². The van der Waals surface area contributed by atoms with E-state index in [1.807, 2.05) is 0 Å². The highest BCUT2D eigenvalue weighted by Gasteiger charge is 2.32.